The molecule has 2 N–H and O–H groups in total. The van der Waals surface area contributed by atoms with Crippen LogP contribution in [0.5, 0.6) is 0 Å². The number of H-pyrrole nitrogens is 1. The number of nitrogens with one attached hydrogen (secondary N) is 2. The van der Waals surface area contributed by atoms with Crippen LogP contribution in [0.2, 0.25) is 0 Å². The number of aromatic amines is 1. The zero-order chi connectivity index (χ0) is 15.6. The van der Waals surface area contributed by atoms with E-state index in [9.17, 15) is 4.79 Å². The maximum atomic E-state index is 12.2. The number of carbonyl (C=O) groups excluding carboxylic acids is 1. The first-order chi connectivity index (χ1) is 10.6. The van der Waals surface area contributed by atoms with Crippen LogP contribution in [-0.4, -0.2) is 37.4 Å². The molecule has 22 heavy (non-hydrogen) atoms. The zero-order valence-corrected chi connectivity index (χ0v) is 12.3. The van der Waals surface area contributed by atoms with Gasteiger partial charge in [-0.15, -0.1) is 0 Å². The Labute approximate surface area is 127 Å². The van der Waals surface area contributed by atoms with E-state index in [1.165, 1.54) is 0 Å². The van der Waals surface area contributed by atoms with Crippen molar-refractivity contribution < 1.29 is 9.63 Å². The van der Waals surface area contributed by atoms with E-state index in [0.29, 0.717) is 18.1 Å². The number of amides is 1. The second-order valence-corrected chi connectivity index (χ2v) is 5.35. The minimum Gasteiger partial charge on any atom is -0.379 e. The van der Waals surface area contributed by atoms with Crippen molar-refractivity contribution in [2.24, 2.45) is 5.16 Å². The lowest BCUT2D eigenvalue weighted by Crippen LogP contribution is -2.44. The van der Waals surface area contributed by atoms with Gasteiger partial charge in [-0.05, 0) is 26.0 Å². The van der Waals surface area contributed by atoms with E-state index in [1.807, 2.05) is 19.1 Å². The maximum absolute atomic E-state index is 12.2. The van der Waals surface area contributed by atoms with Crippen LogP contribution in [0, 0.1) is 0 Å². The summed E-state index contributed by atoms with van der Waals surface area (Å²) in [6.07, 6.45) is 3.83. The highest BCUT2D eigenvalue weighted by molar-refractivity contribution is 5.94. The largest absolute Gasteiger partial charge is 0.379 e. The molecule has 0 aromatic carbocycles. The molecule has 2 aromatic heterocycles. The first kappa shape index (κ1) is 14.2. The molecule has 8 heteroatoms. The zero-order valence-electron chi connectivity index (χ0n) is 12.3. The lowest BCUT2D eigenvalue weighted by molar-refractivity contribution is -0.141. The average molecular weight is 300 g/mol. The number of carbonyl (C=O) groups is 1. The van der Waals surface area contributed by atoms with Gasteiger partial charge in [0.15, 0.2) is 5.82 Å². The quantitative estimate of drug-likeness (QED) is 0.877. The van der Waals surface area contributed by atoms with Gasteiger partial charge in [0.1, 0.15) is 5.82 Å². The number of pyridine rings is 1. The molecule has 1 amide bonds. The molecule has 3 heterocycles. The molecule has 0 saturated carbocycles. The van der Waals surface area contributed by atoms with E-state index in [0.717, 1.165) is 11.3 Å². The maximum Gasteiger partial charge on any atom is 0.267 e. The van der Waals surface area contributed by atoms with E-state index in [4.69, 9.17) is 4.84 Å². The fourth-order valence-electron chi connectivity index (χ4n) is 2.21. The molecule has 114 valence electrons. The van der Waals surface area contributed by atoms with Crippen LogP contribution in [0.3, 0.4) is 0 Å². The molecule has 1 aliphatic heterocycles. The van der Waals surface area contributed by atoms with Crippen molar-refractivity contribution in [3.05, 3.63) is 30.4 Å². The van der Waals surface area contributed by atoms with Gasteiger partial charge in [-0.1, -0.05) is 5.16 Å². The van der Waals surface area contributed by atoms with Crippen LogP contribution in [0.15, 0.2) is 29.7 Å². The molecule has 2 aromatic rings. The summed E-state index contributed by atoms with van der Waals surface area (Å²) in [7, 11) is 0. The number of hydrogen-bond donors (Lipinski definition) is 2. The second-order valence-electron chi connectivity index (χ2n) is 5.35. The summed E-state index contributed by atoms with van der Waals surface area (Å²) in [5.41, 5.74) is 0.717. The van der Waals surface area contributed by atoms with Crippen molar-refractivity contribution in [1.29, 1.82) is 0 Å². The van der Waals surface area contributed by atoms with Gasteiger partial charge < -0.3 is 10.2 Å². The predicted octanol–water partition coefficient (Wildman–Crippen LogP) is 1.04. The van der Waals surface area contributed by atoms with Crippen LogP contribution in [0.1, 0.15) is 26.1 Å². The van der Waals surface area contributed by atoms with E-state index in [2.05, 4.69) is 30.6 Å². The molecule has 1 unspecified atom stereocenters. The number of aromatic nitrogens is 4. The minimum absolute atomic E-state index is 0.227. The summed E-state index contributed by atoms with van der Waals surface area (Å²) in [6, 6.07) is 3.64. The Morgan fingerprint density at radius 2 is 2.23 bits per heavy atom. The van der Waals surface area contributed by atoms with Gasteiger partial charge in [-0.25, -0.2) is 4.98 Å². The Bertz CT molecular complexity index is 711. The topological polar surface area (TPSA) is 105 Å². The molecular weight excluding hydrogens is 284 g/mol. The van der Waals surface area contributed by atoms with Crippen LogP contribution < -0.4 is 5.32 Å². The number of nitrogens with zero attached hydrogens (tertiary/aromatic N) is 4. The molecule has 8 nitrogen and oxygen atoms in total. The Morgan fingerprint density at radius 3 is 2.91 bits per heavy atom. The highest BCUT2D eigenvalue weighted by Gasteiger charge is 2.40. The Morgan fingerprint density at radius 1 is 1.45 bits per heavy atom. The van der Waals surface area contributed by atoms with Crippen molar-refractivity contribution in [1.82, 2.24) is 25.5 Å². The highest BCUT2D eigenvalue weighted by atomic mass is 16.7. The molecule has 0 saturated heterocycles. The van der Waals surface area contributed by atoms with Crippen LogP contribution in [-0.2, 0) is 16.2 Å². The average Bonchev–Trinajstić information content (AvgIpc) is 3.13. The third-order valence-electron chi connectivity index (χ3n) is 3.36. The lowest BCUT2D eigenvalue weighted by Gasteiger charge is -2.19. The molecule has 0 spiro atoms. The fourth-order valence-corrected chi connectivity index (χ4v) is 2.21. The molecule has 0 aliphatic carbocycles. The summed E-state index contributed by atoms with van der Waals surface area (Å²) in [5, 5.41) is 13.5. The number of hydrogen-bond acceptors (Lipinski definition) is 6. The smallest absolute Gasteiger partial charge is 0.267 e. The van der Waals surface area contributed by atoms with Gasteiger partial charge in [0.25, 0.3) is 5.91 Å². The Balaban J connectivity index is 1.61. The van der Waals surface area contributed by atoms with Gasteiger partial charge in [-0.2, -0.15) is 5.10 Å². The van der Waals surface area contributed by atoms with Gasteiger partial charge >= 0.3 is 0 Å². The van der Waals surface area contributed by atoms with Crippen molar-refractivity contribution in [3.63, 3.8) is 0 Å². The van der Waals surface area contributed by atoms with Gasteiger partial charge in [-0.3, -0.25) is 14.9 Å². The monoisotopic (exact) mass is 300 g/mol. The SMILES string of the molecule is CC1=NOC(C)(C(=O)NCc2nc(-c3ccncc3)n[nH]2)C1. The van der Waals surface area contributed by atoms with Crippen LogP contribution in [0.25, 0.3) is 11.4 Å². The van der Waals surface area contributed by atoms with Gasteiger partial charge in [0.05, 0.1) is 12.3 Å². The van der Waals surface area contributed by atoms with Gasteiger partial charge in [0.2, 0.25) is 5.60 Å². The van der Waals surface area contributed by atoms with Crippen LogP contribution >= 0.6 is 0 Å². The summed E-state index contributed by atoms with van der Waals surface area (Å²) in [5.74, 6) is 0.906. The van der Waals surface area contributed by atoms with E-state index < -0.39 is 5.60 Å². The number of oxime groups is 1. The number of rotatable bonds is 4. The molecule has 1 atom stereocenters. The fraction of sp³-hybridized carbons (Fsp3) is 0.357. The molecule has 0 radical (unpaired) electrons. The van der Waals surface area contributed by atoms with Crippen molar-refractivity contribution in [2.75, 3.05) is 0 Å². The summed E-state index contributed by atoms with van der Waals surface area (Å²) in [6.45, 7) is 3.79. The molecule has 3 rings (SSSR count). The van der Waals surface area contributed by atoms with E-state index in [-0.39, 0.29) is 12.5 Å². The van der Waals surface area contributed by atoms with Crippen LogP contribution in [0.4, 0.5) is 0 Å². The molecule has 0 bridgehead atoms. The normalized spacial score (nSPS) is 20.4. The first-order valence-corrected chi connectivity index (χ1v) is 6.88. The summed E-state index contributed by atoms with van der Waals surface area (Å²) < 4.78 is 0. The van der Waals surface area contributed by atoms with Crippen molar-refractivity contribution in [3.8, 4) is 11.4 Å². The van der Waals surface area contributed by atoms with Crippen molar-refractivity contribution >= 4 is 11.6 Å². The third kappa shape index (κ3) is 2.80. The third-order valence-corrected chi connectivity index (χ3v) is 3.36. The van der Waals surface area contributed by atoms with Crippen molar-refractivity contribution in [2.45, 2.75) is 32.4 Å². The first-order valence-electron chi connectivity index (χ1n) is 6.88. The molecular formula is C14H16N6O2. The molecule has 0 fully saturated rings. The summed E-state index contributed by atoms with van der Waals surface area (Å²) in [4.78, 5) is 25.7. The highest BCUT2D eigenvalue weighted by Crippen LogP contribution is 2.23. The van der Waals surface area contributed by atoms with E-state index >= 15 is 0 Å². The minimum atomic E-state index is -0.946. The standard InChI is InChI=1S/C14H16N6O2/c1-9-7-14(2,22-20-9)13(21)16-8-11-17-12(19-18-11)10-3-5-15-6-4-10/h3-6H,7-8H2,1-2H3,(H,16,21)(H,17,18,19). The predicted molar refractivity (Wildman–Crippen MR) is 78.7 cm³/mol. The second kappa shape index (κ2) is 5.55. The molecule has 1 aliphatic rings. The Hall–Kier alpha value is -2.77. The van der Waals surface area contributed by atoms with Gasteiger partial charge in [0, 0.05) is 24.4 Å². The Kier molecular flexibility index (Phi) is 3.58. The lowest BCUT2D eigenvalue weighted by atomic mass is 9.99. The summed E-state index contributed by atoms with van der Waals surface area (Å²) >= 11 is 0. The van der Waals surface area contributed by atoms with E-state index in [1.54, 1.807) is 19.3 Å².